The van der Waals surface area contributed by atoms with Gasteiger partial charge in [0.2, 0.25) is 5.91 Å². The summed E-state index contributed by atoms with van der Waals surface area (Å²) >= 11 is 3.48. The van der Waals surface area contributed by atoms with Gasteiger partial charge in [0, 0.05) is 18.1 Å². The van der Waals surface area contributed by atoms with Crippen molar-refractivity contribution in [2.75, 3.05) is 7.11 Å². The molecule has 3 rings (SSSR count). The van der Waals surface area contributed by atoms with Gasteiger partial charge in [-0.3, -0.25) is 4.79 Å². The summed E-state index contributed by atoms with van der Waals surface area (Å²) in [7, 11) is 1.63. The Morgan fingerprint density at radius 3 is 2.46 bits per heavy atom. The van der Waals surface area contributed by atoms with Gasteiger partial charge in [-0.05, 0) is 70.4 Å². The van der Waals surface area contributed by atoms with Crippen LogP contribution in [-0.4, -0.2) is 17.6 Å². The van der Waals surface area contributed by atoms with Crippen LogP contribution in [-0.2, 0) is 11.2 Å². The Morgan fingerprint density at radius 1 is 1.15 bits per heavy atom. The van der Waals surface area contributed by atoms with Crippen molar-refractivity contribution in [3.8, 4) is 11.4 Å². The first-order valence-electron chi connectivity index (χ1n) is 8.42. The highest BCUT2D eigenvalue weighted by Gasteiger charge is 2.12. The normalized spacial score (nSPS) is 11.8. The number of ether oxygens (including phenoxy) is 1. The second kappa shape index (κ2) is 8.23. The number of rotatable bonds is 6. The van der Waals surface area contributed by atoms with E-state index >= 15 is 0 Å². The van der Waals surface area contributed by atoms with Crippen molar-refractivity contribution >= 4 is 21.8 Å². The van der Waals surface area contributed by atoms with E-state index in [0.717, 1.165) is 27.0 Å². The number of amides is 1. The highest BCUT2D eigenvalue weighted by Crippen LogP contribution is 2.28. The first-order chi connectivity index (χ1) is 12.6. The van der Waals surface area contributed by atoms with Crippen LogP contribution in [0.3, 0.4) is 0 Å². The molecule has 0 aliphatic heterocycles. The molecule has 3 aromatic rings. The lowest BCUT2D eigenvalue weighted by Gasteiger charge is -2.16. The predicted molar refractivity (Wildman–Crippen MR) is 107 cm³/mol. The first kappa shape index (κ1) is 18.3. The molecule has 1 N–H and O–H groups in total. The Kier molecular flexibility index (Phi) is 5.78. The zero-order chi connectivity index (χ0) is 18.5. The quantitative estimate of drug-likeness (QED) is 0.639. The van der Waals surface area contributed by atoms with Gasteiger partial charge in [-0.2, -0.15) is 0 Å². The molecule has 1 atom stereocenters. The van der Waals surface area contributed by atoms with Crippen LogP contribution in [0.15, 0.2) is 71.5 Å². The zero-order valence-electron chi connectivity index (χ0n) is 14.8. The summed E-state index contributed by atoms with van der Waals surface area (Å²) in [6, 6.07) is 17.7. The second-order valence-electron chi connectivity index (χ2n) is 6.12. The number of aromatic nitrogens is 1. The van der Waals surface area contributed by atoms with E-state index in [2.05, 4.69) is 21.2 Å². The number of methoxy groups -OCH3 is 1. The minimum absolute atomic E-state index is 0.00171. The third kappa shape index (κ3) is 4.35. The maximum Gasteiger partial charge on any atom is 0.224 e. The molecule has 0 aliphatic carbocycles. The van der Waals surface area contributed by atoms with E-state index in [0.29, 0.717) is 6.42 Å². The Morgan fingerprint density at radius 2 is 1.85 bits per heavy atom. The van der Waals surface area contributed by atoms with Crippen molar-refractivity contribution in [1.29, 1.82) is 0 Å². The average Bonchev–Trinajstić information content (AvgIpc) is 3.16. The number of carbonyl (C=O) groups is 1. The molecule has 1 heterocycles. The standard InChI is InChI=1S/C21H21BrN2O2/c1-15(17-7-10-20(26-2)19(22)14-17)23-21(25)13-16-5-8-18(9-6-16)24-11-3-4-12-24/h3-12,14-15H,13H2,1-2H3,(H,23,25). The largest absolute Gasteiger partial charge is 0.496 e. The molecule has 0 radical (unpaired) electrons. The molecule has 0 fully saturated rings. The molecule has 0 spiro atoms. The topological polar surface area (TPSA) is 43.3 Å². The summed E-state index contributed by atoms with van der Waals surface area (Å²) in [4.78, 5) is 12.4. The van der Waals surface area contributed by atoms with E-state index in [1.165, 1.54) is 0 Å². The van der Waals surface area contributed by atoms with E-state index in [-0.39, 0.29) is 11.9 Å². The van der Waals surface area contributed by atoms with Gasteiger partial charge in [0.25, 0.3) is 0 Å². The highest BCUT2D eigenvalue weighted by molar-refractivity contribution is 9.10. The molecular formula is C21H21BrN2O2. The lowest BCUT2D eigenvalue weighted by atomic mass is 10.1. The molecule has 0 saturated heterocycles. The fourth-order valence-corrected chi connectivity index (χ4v) is 3.36. The van der Waals surface area contributed by atoms with E-state index in [4.69, 9.17) is 4.74 Å². The van der Waals surface area contributed by atoms with E-state index in [1.807, 2.05) is 78.5 Å². The van der Waals surface area contributed by atoms with Gasteiger partial charge >= 0.3 is 0 Å². The molecule has 0 bridgehead atoms. The maximum atomic E-state index is 12.4. The van der Waals surface area contributed by atoms with Crippen LogP contribution in [0.2, 0.25) is 0 Å². The first-order valence-corrected chi connectivity index (χ1v) is 9.21. The van der Waals surface area contributed by atoms with Gasteiger partial charge in [-0.1, -0.05) is 18.2 Å². The number of nitrogens with zero attached hydrogens (tertiary/aromatic N) is 1. The molecule has 1 amide bonds. The molecule has 1 aromatic heterocycles. The smallest absolute Gasteiger partial charge is 0.224 e. The molecule has 2 aromatic carbocycles. The summed E-state index contributed by atoms with van der Waals surface area (Å²) in [6.07, 6.45) is 4.35. The SMILES string of the molecule is COc1ccc(C(C)NC(=O)Cc2ccc(-n3cccc3)cc2)cc1Br. The Balaban J connectivity index is 1.60. The molecule has 1 unspecified atom stereocenters. The Labute approximate surface area is 161 Å². The fourth-order valence-electron chi connectivity index (χ4n) is 2.81. The second-order valence-corrected chi connectivity index (χ2v) is 6.97. The van der Waals surface area contributed by atoms with E-state index in [1.54, 1.807) is 7.11 Å². The Hall–Kier alpha value is -2.53. The van der Waals surface area contributed by atoms with Gasteiger partial charge < -0.3 is 14.6 Å². The van der Waals surface area contributed by atoms with Crippen LogP contribution in [0, 0.1) is 0 Å². The van der Waals surface area contributed by atoms with Crippen molar-refractivity contribution in [2.45, 2.75) is 19.4 Å². The average molecular weight is 413 g/mol. The van der Waals surface area contributed by atoms with Gasteiger partial charge in [0.05, 0.1) is 24.0 Å². The van der Waals surface area contributed by atoms with Crippen molar-refractivity contribution in [1.82, 2.24) is 9.88 Å². The molecule has 134 valence electrons. The third-order valence-electron chi connectivity index (χ3n) is 4.26. The van der Waals surface area contributed by atoms with Crippen LogP contribution >= 0.6 is 15.9 Å². The molecule has 4 nitrogen and oxygen atoms in total. The highest BCUT2D eigenvalue weighted by atomic mass is 79.9. The third-order valence-corrected chi connectivity index (χ3v) is 4.88. The van der Waals surface area contributed by atoms with Gasteiger partial charge in [0.15, 0.2) is 0 Å². The maximum absolute atomic E-state index is 12.4. The lowest BCUT2D eigenvalue weighted by molar-refractivity contribution is -0.121. The number of hydrogen-bond acceptors (Lipinski definition) is 2. The number of hydrogen-bond donors (Lipinski definition) is 1. The van der Waals surface area contributed by atoms with Gasteiger partial charge in [-0.25, -0.2) is 0 Å². The summed E-state index contributed by atoms with van der Waals surface area (Å²) in [5.41, 5.74) is 3.09. The minimum atomic E-state index is -0.0798. The monoisotopic (exact) mass is 412 g/mol. The molecule has 26 heavy (non-hydrogen) atoms. The summed E-state index contributed by atoms with van der Waals surface area (Å²) in [5.74, 6) is 0.771. The zero-order valence-corrected chi connectivity index (χ0v) is 16.4. The van der Waals surface area contributed by atoms with Crippen LogP contribution in [0.1, 0.15) is 24.1 Å². The van der Waals surface area contributed by atoms with Crippen molar-refractivity contribution in [3.63, 3.8) is 0 Å². The summed E-state index contributed by atoms with van der Waals surface area (Å²) < 4.78 is 8.15. The summed E-state index contributed by atoms with van der Waals surface area (Å²) in [6.45, 7) is 1.97. The molecule has 0 aliphatic rings. The van der Waals surface area contributed by atoms with Crippen LogP contribution in [0.25, 0.3) is 5.69 Å². The Bertz CT molecular complexity index is 874. The molecule has 5 heteroatoms. The van der Waals surface area contributed by atoms with Crippen molar-refractivity contribution in [3.05, 3.63) is 82.6 Å². The van der Waals surface area contributed by atoms with Crippen LogP contribution in [0.4, 0.5) is 0 Å². The number of carbonyl (C=O) groups excluding carboxylic acids is 1. The predicted octanol–water partition coefficient (Wildman–Crippen LogP) is 4.67. The fraction of sp³-hybridized carbons (Fsp3) is 0.190. The van der Waals surface area contributed by atoms with Crippen molar-refractivity contribution < 1.29 is 9.53 Å². The van der Waals surface area contributed by atoms with Gasteiger partial charge in [-0.15, -0.1) is 0 Å². The molecular weight excluding hydrogens is 392 g/mol. The number of halogens is 1. The summed E-state index contributed by atoms with van der Waals surface area (Å²) in [5, 5.41) is 3.05. The minimum Gasteiger partial charge on any atom is -0.496 e. The van der Waals surface area contributed by atoms with Crippen molar-refractivity contribution in [2.24, 2.45) is 0 Å². The lowest BCUT2D eigenvalue weighted by Crippen LogP contribution is -2.28. The van der Waals surface area contributed by atoms with Crippen LogP contribution in [0.5, 0.6) is 5.75 Å². The van der Waals surface area contributed by atoms with E-state index in [9.17, 15) is 4.79 Å². The van der Waals surface area contributed by atoms with Crippen LogP contribution < -0.4 is 10.1 Å². The number of benzene rings is 2. The van der Waals surface area contributed by atoms with Gasteiger partial charge in [0.1, 0.15) is 5.75 Å². The molecule has 0 saturated carbocycles. The number of nitrogens with one attached hydrogen (secondary N) is 1. The van der Waals surface area contributed by atoms with E-state index < -0.39 is 0 Å².